The summed E-state index contributed by atoms with van der Waals surface area (Å²) in [5.74, 6) is -0.895. The Labute approximate surface area is 141 Å². The van der Waals surface area contributed by atoms with Crippen LogP contribution in [0.15, 0.2) is 46.9 Å². The van der Waals surface area contributed by atoms with Gasteiger partial charge in [-0.15, -0.1) is 0 Å². The lowest BCUT2D eigenvalue weighted by molar-refractivity contribution is -0.135. The van der Waals surface area contributed by atoms with Gasteiger partial charge in [0.25, 0.3) is 0 Å². The molecular weight excluding hydrogens is 377 g/mol. The average molecular weight is 389 g/mol. The van der Waals surface area contributed by atoms with Crippen LogP contribution in [0.2, 0.25) is 10.0 Å². The van der Waals surface area contributed by atoms with Gasteiger partial charge in [-0.1, -0.05) is 29.3 Å². The van der Waals surface area contributed by atoms with Crippen LogP contribution >= 0.6 is 39.1 Å². The molecule has 110 valence electrons. The highest BCUT2D eigenvalue weighted by Crippen LogP contribution is 2.25. The number of carbonyl (C=O) groups is 1. The summed E-state index contributed by atoms with van der Waals surface area (Å²) in [4.78, 5) is 12.8. The zero-order chi connectivity index (χ0) is 15.4. The first-order valence-electron chi connectivity index (χ1n) is 6.12. The zero-order valence-corrected chi connectivity index (χ0v) is 14.0. The van der Waals surface area contributed by atoms with Gasteiger partial charge in [-0.05, 0) is 57.9 Å². The molecule has 0 aliphatic rings. The van der Waals surface area contributed by atoms with Gasteiger partial charge in [0.05, 0.1) is 5.02 Å². The second kappa shape index (κ2) is 7.16. The number of hydrogen-bond donors (Lipinski definition) is 1. The van der Waals surface area contributed by atoms with E-state index in [2.05, 4.69) is 15.9 Å². The SMILES string of the molecule is O=C(O)CN(Cc1ccc(Br)c(Cl)c1)c1ccc(Cl)cc1. The van der Waals surface area contributed by atoms with Gasteiger partial charge in [0.15, 0.2) is 0 Å². The normalized spacial score (nSPS) is 10.4. The van der Waals surface area contributed by atoms with Crippen molar-refractivity contribution in [2.75, 3.05) is 11.4 Å². The Kier molecular flexibility index (Phi) is 5.51. The lowest BCUT2D eigenvalue weighted by atomic mass is 10.2. The molecule has 0 fully saturated rings. The Bertz CT molecular complexity index is 647. The van der Waals surface area contributed by atoms with Crippen LogP contribution in [0, 0.1) is 0 Å². The molecule has 0 saturated carbocycles. The van der Waals surface area contributed by atoms with Crippen molar-refractivity contribution in [2.24, 2.45) is 0 Å². The van der Waals surface area contributed by atoms with Gasteiger partial charge in [-0.3, -0.25) is 4.79 Å². The maximum atomic E-state index is 11.1. The minimum Gasteiger partial charge on any atom is -0.480 e. The van der Waals surface area contributed by atoms with Crippen molar-refractivity contribution in [3.8, 4) is 0 Å². The fourth-order valence-corrected chi connectivity index (χ4v) is 2.49. The summed E-state index contributed by atoms with van der Waals surface area (Å²) in [6, 6.07) is 12.6. The van der Waals surface area contributed by atoms with E-state index in [0.29, 0.717) is 16.6 Å². The predicted molar refractivity (Wildman–Crippen MR) is 89.3 cm³/mol. The third-order valence-corrected chi connectivity index (χ3v) is 4.36. The highest BCUT2D eigenvalue weighted by Gasteiger charge is 2.12. The minimum absolute atomic E-state index is 0.102. The lowest BCUT2D eigenvalue weighted by Crippen LogP contribution is -2.29. The number of carboxylic acid groups (broad SMARTS) is 1. The summed E-state index contributed by atoms with van der Waals surface area (Å²) in [5.41, 5.74) is 1.72. The highest BCUT2D eigenvalue weighted by molar-refractivity contribution is 9.10. The molecule has 2 rings (SSSR count). The van der Waals surface area contributed by atoms with Crippen LogP contribution in [0.25, 0.3) is 0 Å². The fourth-order valence-electron chi connectivity index (χ4n) is 1.91. The van der Waals surface area contributed by atoms with Gasteiger partial charge in [-0.2, -0.15) is 0 Å². The standard InChI is InChI=1S/C15H12BrCl2NO2/c16-13-6-1-10(7-14(13)18)8-19(9-15(20)21)12-4-2-11(17)3-5-12/h1-7H,8-9H2,(H,20,21). The van der Waals surface area contributed by atoms with E-state index in [9.17, 15) is 4.79 Å². The van der Waals surface area contributed by atoms with Gasteiger partial charge in [-0.25, -0.2) is 0 Å². The van der Waals surface area contributed by atoms with Gasteiger partial charge < -0.3 is 10.0 Å². The number of carboxylic acids is 1. The molecular formula is C15H12BrCl2NO2. The summed E-state index contributed by atoms with van der Waals surface area (Å²) >= 11 is 15.3. The van der Waals surface area contributed by atoms with Crippen molar-refractivity contribution in [1.29, 1.82) is 0 Å². The van der Waals surface area contributed by atoms with Crippen molar-refractivity contribution < 1.29 is 9.90 Å². The number of rotatable bonds is 5. The van der Waals surface area contributed by atoms with Crippen molar-refractivity contribution in [1.82, 2.24) is 0 Å². The highest BCUT2D eigenvalue weighted by atomic mass is 79.9. The first-order valence-corrected chi connectivity index (χ1v) is 7.67. The molecule has 0 aromatic heterocycles. The molecule has 21 heavy (non-hydrogen) atoms. The van der Waals surface area contributed by atoms with Crippen molar-refractivity contribution in [3.63, 3.8) is 0 Å². The van der Waals surface area contributed by atoms with Crippen LogP contribution in [0.3, 0.4) is 0 Å². The van der Waals surface area contributed by atoms with Crippen LogP contribution < -0.4 is 4.90 Å². The van der Waals surface area contributed by atoms with Crippen LogP contribution in [0.1, 0.15) is 5.56 Å². The van der Waals surface area contributed by atoms with Crippen molar-refractivity contribution in [2.45, 2.75) is 6.54 Å². The molecule has 0 aliphatic carbocycles. The number of halogens is 3. The molecule has 0 amide bonds. The third-order valence-electron chi connectivity index (χ3n) is 2.88. The largest absolute Gasteiger partial charge is 0.480 e. The number of aliphatic carboxylic acids is 1. The molecule has 0 saturated heterocycles. The molecule has 0 heterocycles. The molecule has 0 spiro atoms. The van der Waals surface area contributed by atoms with E-state index in [1.165, 1.54) is 0 Å². The molecule has 2 aromatic carbocycles. The Morgan fingerprint density at radius 2 is 1.81 bits per heavy atom. The molecule has 0 atom stereocenters. The van der Waals surface area contributed by atoms with Crippen molar-refractivity contribution >= 4 is 50.8 Å². The zero-order valence-electron chi connectivity index (χ0n) is 10.9. The first-order chi connectivity index (χ1) is 9.95. The smallest absolute Gasteiger partial charge is 0.323 e. The predicted octanol–water partition coefficient (Wildman–Crippen LogP) is 4.85. The lowest BCUT2D eigenvalue weighted by Gasteiger charge is -2.23. The quantitative estimate of drug-likeness (QED) is 0.795. The molecule has 0 unspecified atom stereocenters. The van der Waals surface area contributed by atoms with Crippen LogP contribution in [-0.2, 0) is 11.3 Å². The van der Waals surface area contributed by atoms with E-state index in [1.54, 1.807) is 29.2 Å². The molecule has 2 aromatic rings. The second-order valence-corrected chi connectivity index (χ2v) is 6.17. The van der Waals surface area contributed by atoms with Crippen LogP contribution in [0.5, 0.6) is 0 Å². The Hall–Kier alpha value is -1.23. The summed E-state index contributed by atoms with van der Waals surface area (Å²) in [6.45, 7) is 0.343. The average Bonchev–Trinajstić information content (AvgIpc) is 2.42. The van der Waals surface area contributed by atoms with E-state index in [1.807, 2.05) is 18.2 Å². The van der Waals surface area contributed by atoms with Gasteiger partial charge in [0.1, 0.15) is 6.54 Å². The summed E-state index contributed by atoms with van der Waals surface area (Å²) in [7, 11) is 0. The van der Waals surface area contributed by atoms with Crippen LogP contribution in [-0.4, -0.2) is 17.6 Å². The molecule has 0 radical (unpaired) electrons. The van der Waals surface area contributed by atoms with Gasteiger partial charge in [0.2, 0.25) is 0 Å². The Morgan fingerprint density at radius 3 is 2.38 bits per heavy atom. The minimum atomic E-state index is -0.895. The molecule has 0 aliphatic heterocycles. The summed E-state index contributed by atoms with van der Waals surface area (Å²) < 4.78 is 0.809. The maximum absolute atomic E-state index is 11.1. The second-order valence-electron chi connectivity index (χ2n) is 4.47. The molecule has 6 heteroatoms. The number of anilines is 1. The third kappa shape index (κ3) is 4.63. The van der Waals surface area contributed by atoms with E-state index in [4.69, 9.17) is 28.3 Å². The Balaban J connectivity index is 2.25. The van der Waals surface area contributed by atoms with E-state index < -0.39 is 5.97 Å². The first kappa shape index (κ1) is 16.1. The maximum Gasteiger partial charge on any atom is 0.323 e. The van der Waals surface area contributed by atoms with E-state index in [0.717, 1.165) is 15.7 Å². The van der Waals surface area contributed by atoms with Crippen molar-refractivity contribution in [3.05, 3.63) is 62.5 Å². The molecule has 3 nitrogen and oxygen atoms in total. The summed E-state index contributed by atoms with van der Waals surface area (Å²) in [5, 5.41) is 10.3. The summed E-state index contributed by atoms with van der Waals surface area (Å²) in [6.07, 6.45) is 0. The monoisotopic (exact) mass is 387 g/mol. The number of hydrogen-bond acceptors (Lipinski definition) is 2. The number of benzene rings is 2. The van der Waals surface area contributed by atoms with Gasteiger partial charge >= 0.3 is 5.97 Å². The number of nitrogens with zero attached hydrogens (tertiary/aromatic N) is 1. The topological polar surface area (TPSA) is 40.5 Å². The molecule has 1 N–H and O–H groups in total. The molecule has 0 bridgehead atoms. The van der Waals surface area contributed by atoms with Crippen LogP contribution in [0.4, 0.5) is 5.69 Å². The van der Waals surface area contributed by atoms with Gasteiger partial charge in [0, 0.05) is 21.7 Å². The Morgan fingerprint density at radius 1 is 1.14 bits per heavy atom. The van der Waals surface area contributed by atoms with E-state index >= 15 is 0 Å². The van der Waals surface area contributed by atoms with E-state index in [-0.39, 0.29) is 6.54 Å². The fraction of sp³-hybridized carbons (Fsp3) is 0.133.